The quantitative estimate of drug-likeness (QED) is 0.815. The molecule has 0 spiro atoms. The van der Waals surface area contributed by atoms with Crippen LogP contribution >= 0.6 is 0 Å². The van der Waals surface area contributed by atoms with Gasteiger partial charge in [0.2, 0.25) is 0 Å². The second kappa shape index (κ2) is 5.41. The predicted molar refractivity (Wildman–Crippen MR) is 66.3 cm³/mol. The summed E-state index contributed by atoms with van der Waals surface area (Å²) >= 11 is 0. The molecule has 1 N–H and O–H groups in total. The number of hydrogen-bond acceptors (Lipinski definition) is 3. The molecule has 1 aliphatic heterocycles. The highest BCUT2D eigenvalue weighted by Crippen LogP contribution is 2.10. The largest absolute Gasteiger partial charge is 0.315 e. The molecule has 2 heterocycles. The summed E-state index contributed by atoms with van der Waals surface area (Å²) in [5.74, 6) is 0.728. The van der Waals surface area contributed by atoms with Gasteiger partial charge in [-0.3, -0.25) is 9.88 Å². The molecule has 2 rings (SSSR count). The van der Waals surface area contributed by atoms with Gasteiger partial charge in [-0.25, -0.2) is 0 Å². The molecule has 0 amide bonds. The van der Waals surface area contributed by atoms with Gasteiger partial charge in [0.25, 0.3) is 0 Å². The van der Waals surface area contributed by atoms with Crippen molar-refractivity contribution in [1.82, 2.24) is 15.2 Å². The zero-order valence-electron chi connectivity index (χ0n) is 10.2. The Morgan fingerprint density at radius 1 is 1.56 bits per heavy atom. The van der Waals surface area contributed by atoms with Gasteiger partial charge in [-0.1, -0.05) is 13.0 Å². The van der Waals surface area contributed by atoms with E-state index < -0.39 is 0 Å². The molecule has 3 nitrogen and oxygen atoms in total. The van der Waals surface area contributed by atoms with E-state index in [2.05, 4.69) is 35.1 Å². The maximum Gasteiger partial charge on any atom is 0.0573 e. The molecule has 1 saturated heterocycles. The summed E-state index contributed by atoms with van der Waals surface area (Å²) in [5.41, 5.74) is 2.52. The van der Waals surface area contributed by atoms with E-state index in [4.69, 9.17) is 0 Å². The lowest BCUT2D eigenvalue weighted by Crippen LogP contribution is -2.29. The minimum Gasteiger partial charge on any atom is -0.315 e. The Balaban J connectivity index is 2.00. The molecule has 0 bridgehead atoms. The van der Waals surface area contributed by atoms with Crippen LogP contribution in [0.4, 0.5) is 0 Å². The van der Waals surface area contributed by atoms with E-state index >= 15 is 0 Å². The molecular formula is C13H21N3. The number of aryl methyl sites for hydroxylation is 1. The molecule has 0 aromatic carbocycles. The zero-order chi connectivity index (χ0) is 11.4. The van der Waals surface area contributed by atoms with Gasteiger partial charge in [0.15, 0.2) is 0 Å². The Morgan fingerprint density at radius 2 is 2.44 bits per heavy atom. The Morgan fingerprint density at radius 3 is 3.25 bits per heavy atom. The van der Waals surface area contributed by atoms with Crippen molar-refractivity contribution in [3.05, 3.63) is 29.6 Å². The third kappa shape index (κ3) is 3.03. The first-order chi connectivity index (χ1) is 7.75. The third-order valence-corrected chi connectivity index (χ3v) is 3.16. The SMILES string of the molecule is Cc1cccnc1CN1CCNCC(C)C1. The summed E-state index contributed by atoms with van der Waals surface area (Å²) < 4.78 is 0. The molecule has 1 unspecified atom stereocenters. The van der Waals surface area contributed by atoms with Crippen molar-refractivity contribution in [2.24, 2.45) is 5.92 Å². The number of pyridine rings is 1. The lowest BCUT2D eigenvalue weighted by molar-refractivity contribution is 0.253. The second-order valence-electron chi connectivity index (χ2n) is 4.81. The van der Waals surface area contributed by atoms with E-state index in [1.165, 1.54) is 17.8 Å². The van der Waals surface area contributed by atoms with Crippen molar-refractivity contribution in [3.8, 4) is 0 Å². The summed E-state index contributed by atoms with van der Waals surface area (Å²) in [6.45, 7) is 9.95. The Kier molecular flexibility index (Phi) is 3.91. The molecular weight excluding hydrogens is 198 g/mol. The highest BCUT2D eigenvalue weighted by molar-refractivity contribution is 5.17. The van der Waals surface area contributed by atoms with Gasteiger partial charge < -0.3 is 5.32 Å². The fourth-order valence-electron chi connectivity index (χ4n) is 2.22. The minimum absolute atomic E-state index is 0.728. The number of rotatable bonds is 2. The van der Waals surface area contributed by atoms with Gasteiger partial charge in [0, 0.05) is 32.4 Å². The monoisotopic (exact) mass is 219 g/mol. The van der Waals surface area contributed by atoms with Crippen LogP contribution in [0.15, 0.2) is 18.3 Å². The maximum absolute atomic E-state index is 4.47. The van der Waals surface area contributed by atoms with Crippen LogP contribution in [0, 0.1) is 12.8 Å². The lowest BCUT2D eigenvalue weighted by Gasteiger charge is -2.22. The highest BCUT2D eigenvalue weighted by atomic mass is 15.2. The Labute approximate surface area is 97.9 Å². The molecule has 1 aromatic rings. The van der Waals surface area contributed by atoms with E-state index in [9.17, 15) is 0 Å². The smallest absolute Gasteiger partial charge is 0.0573 e. The van der Waals surface area contributed by atoms with Crippen LogP contribution in [0.2, 0.25) is 0 Å². The topological polar surface area (TPSA) is 28.2 Å². The fourth-order valence-corrected chi connectivity index (χ4v) is 2.22. The highest BCUT2D eigenvalue weighted by Gasteiger charge is 2.15. The van der Waals surface area contributed by atoms with Gasteiger partial charge in [-0.15, -0.1) is 0 Å². The first-order valence-corrected chi connectivity index (χ1v) is 6.09. The van der Waals surface area contributed by atoms with Gasteiger partial charge in [-0.2, -0.15) is 0 Å². The number of aromatic nitrogens is 1. The minimum atomic E-state index is 0.728. The molecule has 0 radical (unpaired) electrons. The van der Waals surface area contributed by atoms with Crippen LogP contribution in [0.25, 0.3) is 0 Å². The van der Waals surface area contributed by atoms with Crippen molar-refractivity contribution in [3.63, 3.8) is 0 Å². The standard InChI is InChI=1S/C13H21N3/c1-11-8-14-6-7-16(9-11)10-13-12(2)4-3-5-15-13/h3-5,11,14H,6-10H2,1-2H3. The Hall–Kier alpha value is -0.930. The molecule has 3 heteroatoms. The lowest BCUT2D eigenvalue weighted by atomic mass is 10.1. The fraction of sp³-hybridized carbons (Fsp3) is 0.615. The van der Waals surface area contributed by atoms with E-state index in [0.717, 1.165) is 32.1 Å². The average Bonchev–Trinajstić information content (AvgIpc) is 2.46. The Bertz CT molecular complexity index is 338. The summed E-state index contributed by atoms with van der Waals surface area (Å²) in [6, 6.07) is 4.15. The average molecular weight is 219 g/mol. The van der Waals surface area contributed by atoms with Crippen molar-refractivity contribution in [2.45, 2.75) is 20.4 Å². The normalized spacial score (nSPS) is 23.0. The molecule has 16 heavy (non-hydrogen) atoms. The third-order valence-electron chi connectivity index (χ3n) is 3.16. The van der Waals surface area contributed by atoms with Crippen molar-refractivity contribution < 1.29 is 0 Å². The van der Waals surface area contributed by atoms with Crippen LogP contribution < -0.4 is 5.32 Å². The number of nitrogens with one attached hydrogen (secondary N) is 1. The first-order valence-electron chi connectivity index (χ1n) is 6.09. The molecule has 0 aliphatic carbocycles. The second-order valence-corrected chi connectivity index (χ2v) is 4.81. The number of hydrogen-bond donors (Lipinski definition) is 1. The number of nitrogens with zero attached hydrogens (tertiary/aromatic N) is 2. The van der Waals surface area contributed by atoms with Gasteiger partial charge in [0.1, 0.15) is 0 Å². The van der Waals surface area contributed by atoms with E-state index in [-0.39, 0.29) is 0 Å². The molecule has 0 saturated carbocycles. The predicted octanol–water partition coefficient (Wildman–Crippen LogP) is 1.43. The summed E-state index contributed by atoms with van der Waals surface area (Å²) in [6.07, 6.45) is 1.89. The van der Waals surface area contributed by atoms with E-state index in [0.29, 0.717) is 0 Å². The zero-order valence-corrected chi connectivity index (χ0v) is 10.2. The maximum atomic E-state index is 4.47. The van der Waals surface area contributed by atoms with Crippen LogP contribution in [-0.2, 0) is 6.54 Å². The van der Waals surface area contributed by atoms with E-state index in [1.807, 2.05) is 12.3 Å². The van der Waals surface area contributed by atoms with Gasteiger partial charge in [-0.05, 0) is 31.0 Å². The summed E-state index contributed by atoms with van der Waals surface area (Å²) in [5, 5.41) is 3.47. The van der Waals surface area contributed by atoms with Crippen LogP contribution in [0.3, 0.4) is 0 Å². The molecule has 1 aliphatic rings. The van der Waals surface area contributed by atoms with Crippen molar-refractivity contribution in [1.29, 1.82) is 0 Å². The molecule has 1 atom stereocenters. The summed E-state index contributed by atoms with van der Waals surface area (Å²) in [7, 11) is 0. The van der Waals surface area contributed by atoms with Crippen molar-refractivity contribution in [2.75, 3.05) is 26.2 Å². The van der Waals surface area contributed by atoms with Crippen LogP contribution in [0.1, 0.15) is 18.2 Å². The molecule has 1 aromatic heterocycles. The first kappa shape index (κ1) is 11.6. The van der Waals surface area contributed by atoms with Gasteiger partial charge in [0.05, 0.1) is 5.69 Å². The van der Waals surface area contributed by atoms with Crippen molar-refractivity contribution >= 4 is 0 Å². The van der Waals surface area contributed by atoms with Crippen LogP contribution in [0.5, 0.6) is 0 Å². The van der Waals surface area contributed by atoms with Gasteiger partial charge >= 0.3 is 0 Å². The summed E-state index contributed by atoms with van der Waals surface area (Å²) in [4.78, 5) is 6.97. The molecule has 1 fully saturated rings. The van der Waals surface area contributed by atoms with Crippen LogP contribution in [-0.4, -0.2) is 36.1 Å². The molecule has 88 valence electrons. The van der Waals surface area contributed by atoms with E-state index in [1.54, 1.807) is 0 Å².